The van der Waals surface area contributed by atoms with Gasteiger partial charge < -0.3 is 15.4 Å². The largest absolute Gasteiger partial charge is 0.465 e. The van der Waals surface area contributed by atoms with Crippen molar-refractivity contribution in [2.75, 3.05) is 17.7 Å². The van der Waals surface area contributed by atoms with Crippen LogP contribution >= 0.6 is 27.7 Å². The van der Waals surface area contributed by atoms with Crippen molar-refractivity contribution >= 4 is 51.2 Å². The van der Waals surface area contributed by atoms with Crippen LogP contribution in [0.3, 0.4) is 0 Å². The number of hydrogen-bond acceptors (Lipinski definition) is 6. The lowest BCUT2D eigenvalue weighted by Crippen LogP contribution is -2.44. The SMILES string of the molecule is CCOC(=O)[C@@H]1C(=O)NC(SCC(=O)Nc2ccc(Br)cc2)=C(C#N)[C@@H]1c1ccccc1F. The molecule has 0 fully saturated rings. The number of ether oxygens (including phenoxy) is 1. The number of benzene rings is 2. The molecule has 170 valence electrons. The Morgan fingerprint density at radius 1 is 1.24 bits per heavy atom. The van der Waals surface area contributed by atoms with Crippen LogP contribution in [0, 0.1) is 23.1 Å². The van der Waals surface area contributed by atoms with E-state index >= 15 is 0 Å². The van der Waals surface area contributed by atoms with Crippen molar-refractivity contribution in [1.29, 1.82) is 5.26 Å². The molecular formula is C23H19BrFN3O4S. The van der Waals surface area contributed by atoms with Crippen LogP contribution < -0.4 is 10.6 Å². The zero-order valence-corrected chi connectivity index (χ0v) is 19.8. The van der Waals surface area contributed by atoms with E-state index in [0.717, 1.165) is 16.2 Å². The van der Waals surface area contributed by atoms with Crippen molar-refractivity contribution in [3.05, 3.63) is 75.0 Å². The molecule has 1 aliphatic rings. The third-order valence-electron chi connectivity index (χ3n) is 4.79. The van der Waals surface area contributed by atoms with Crippen LogP contribution in [0.15, 0.2) is 63.6 Å². The number of halogens is 2. The van der Waals surface area contributed by atoms with Gasteiger partial charge >= 0.3 is 5.97 Å². The number of carbonyl (C=O) groups excluding carboxylic acids is 3. The van der Waals surface area contributed by atoms with Gasteiger partial charge in [0.05, 0.1) is 29.0 Å². The molecule has 7 nitrogen and oxygen atoms in total. The van der Waals surface area contributed by atoms with Gasteiger partial charge in [0.1, 0.15) is 11.7 Å². The minimum atomic E-state index is -1.43. The molecule has 0 saturated carbocycles. The summed E-state index contributed by atoms with van der Waals surface area (Å²) in [6, 6.07) is 14.6. The van der Waals surface area contributed by atoms with Crippen LogP contribution in [0.4, 0.5) is 10.1 Å². The first-order valence-electron chi connectivity index (χ1n) is 9.90. The first kappa shape index (κ1) is 24.5. The maximum absolute atomic E-state index is 14.7. The van der Waals surface area contributed by atoms with Gasteiger partial charge in [-0.15, -0.1) is 0 Å². The number of thioether (sulfide) groups is 1. The van der Waals surface area contributed by atoms with Crippen molar-refractivity contribution in [1.82, 2.24) is 5.32 Å². The molecule has 2 amide bonds. The highest BCUT2D eigenvalue weighted by molar-refractivity contribution is 9.10. The quantitative estimate of drug-likeness (QED) is 0.411. The fourth-order valence-corrected chi connectivity index (χ4v) is 4.47. The van der Waals surface area contributed by atoms with Gasteiger partial charge in [0, 0.05) is 16.1 Å². The van der Waals surface area contributed by atoms with Crippen molar-refractivity contribution in [2.24, 2.45) is 5.92 Å². The fraction of sp³-hybridized carbons (Fsp3) is 0.217. The molecule has 0 aliphatic carbocycles. The van der Waals surface area contributed by atoms with E-state index in [9.17, 15) is 24.0 Å². The summed E-state index contributed by atoms with van der Waals surface area (Å²) in [5.74, 6) is -5.33. The number of carbonyl (C=O) groups is 3. The summed E-state index contributed by atoms with van der Waals surface area (Å²) in [4.78, 5) is 37.8. The topological polar surface area (TPSA) is 108 Å². The van der Waals surface area contributed by atoms with Crippen LogP contribution in [0.2, 0.25) is 0 Å². The Kier molecular flexibility index (Phi) is 8.25. The van der Waals surface area contributed by atoms with E-state index in [1.165, 1.54) is 18.2 Å². The van der Waals surface area contributed by atoms with Gasteiger partial charge in [0.2, 0.25) is 11.8 Å². The number of hydrogen-bond donors (Lipinski definition) is 2. The zero-order chi connectivity index (χ0) is 24.0. The van der Waals surface area contributed by atoms with Crippen LogP contribution in [-0.4, -0.2) is 30.1 Å². The summed E-state index contributed by atoms with van der Waals surface area (Å²) in [5.41, 5.74) is 0.594. The van der Waals surface area contributed by atoms with Crippen LogP contribution in [0.5, 0.6) is 0 Å². The molecule has 1 heterocycles. The van der Waals surface area contributed by atoms with E-state index in [0.29, 0.717) is 5.69 Å². The van der Waals surface area contributed by atoms with Gasteiger partial charge in [0.15, 0.2) is 0 Å². The minimum absolute atomic E-state index is 0.0146. The molecule has 0 unspecified atom stereocenters. The Hall–Kier alpha value is -3.16. The average molecular weight is 532 g/mol. The van der Waals surface area contributed by atoms with Gasteiger partial charge in [-0.1, -0.05) is 45.9 Å². The highest BCUT2D eigenvalue weighted by Crippen LogP contribution is 2.41. The second-order valence-electron chi connectivity index (χ2n) is 6.92. The summed E-state index contributed by atoms with van der Waals surface area (Å²) in [7, 11) is 0. The molecule has 0 spiro atoms. The summed E-state index contributed by atoms with van der Waals surface area (Å²) in [5, 5.41) is 15.2. The van der Waals surface area contributed by atoms with Gasteiger partial charge in [-0.3, -0.25) is 14.4 Å². The Morgan fingerprint density at radius 3 is 2.58 bits per heavy atom. The van der Waals surface area contributed by atoms with Crippen LogP contribution in [-0.2, 0) is 19.1 Å². The third-order valence-corrected chi connectivity index (χ3v) is 6.33. The van der Waals surface area contributed by atoms with E-state index in [4.69, 9.17) is 4.74 Å². The highest BCUT2D eigenvalue weighted by atomic mass is 79.9. The number of nitrogens with zero attached hydrogens (tertiary/aromatic N) is 1. The molecule has 3 rings (SSSR count). The molecule has 2 atom stereocenters. The van der Waals surface area contributed by atoms with E-state index in [2.05, 4.69) is 26.6 Å². The van der Waals surface area contributed by atoms with Crippen molar-refractivity contribution in [3.8, 4) is 6.07 Å². The third kappa shape index (κ3) is 5.80. The Morgan fingerprint density at radius 2 is 1.94 bits per heavy atom. The smallest absolute Gasteiger partial charge is 0.319 e. The zero-order valence-electron chi connectivity index (χ0n) is 17.4. The maximum Gasteiger partial charge on any atom is 0.319 e. The Balaban J connectivity index is 1.90. The predicted molar refractivity (Wildman–Crippen MR) is 125 cm³/mol. The molecule has 0 bridgehead atoms. The molecule has 33 heavy (non-hydrogen) atoms. The van der Waals surface area contributed by atoms with E-state index in [-0.39, 0.29) is 34.4 Å². The fourth-order valence-electron chi connectivity index (χ4n) is 3.36. The summed E-state index contributed by atoms with van der Waals surface area (Å²) >= 11 is 4.24. The van der Waals surface area contributed by atoms with Gasteiger partial charge in [0.25, 0.3) is 0 Å². The van der Waals surface area contributed by atoms with E-state index < -0.39 is 29.5 Å². The minimum Gasteiger partial charge on any atom is -0.465 e. The second kappa shape index (κ2) is 11.1. The van der Waals surface area contributed by atoms with Crippen molar-refractivity contribution in [3.63, 3.8) is 0 Å². The average Bonchev–Trinajstić information content (AvgIpc) is 2.79. The number of amides is 2. The normalized spacial score (nSPS) is 17.7. The summed E-state index contributed by atoms with van der Waals surface area (Å²) in [6.07, 6.45) is 0. The second-order valence-corrected chi connectivity index (χ2v) is 8.82. The Labute approximate surface area is 202 Å². The molecule has 2 aromatic rings. The molecular weight excluding hydrogens is 513 g/mol. The maximum atomic E-state index is 14.7. The van der Waals surface area contributed by atoms with E-state index in [1.807, 2.05) is 6.07 Å². The molecule has 0 radical (unpaired) electrons. The highest BCUT2D eigenvalue weighted by Gasteiger charge is 2.45. The number of esters is 1. The van der Waals surface area contributed by atoms with Crippen LogP contribution in [0.25, 0.3) is 0 Å². The monoisotopic (exact) mass is 531 g/mol. The lowest BCUT2D eigenvalue weighted by molar-refractivity contribution is -0.152. The number of anilines is 1. The molecule has 0 aromatic heterocycles. The standard InChI is InChI=1S/C23H19BrFN3O4S/c1-2-32-23(31)20-19(15-5-3-4-6-17(15)25)16(11-26)22(28-21(20)30)33-12-18(29)27-14-9-7-13(24)8-10-14/h3-10,19-20H,2,12H2,1H3,(H,27,29)(H,28,30)/t19-,20-/m0/s1. The molecule has 2 N–H and O–H groups in total. The first-order chi connectivity index (χ1) is 15.8. The number of rotatable bonds is 7. The van der Waals surface area contributed by atoms with Gasteiger partial charge in [-0.05, 0) is 42.8 Å². The number of nitrogens with one attached hydrogen (secondary N) is 2. The molecule has 0 saturated heterocycles. The van der Waals surface area contributed by atoms with Crippen molar-refractivity contribution < 1.29 is 23.5 Å². The number of nitriles is 1. The molecule has 10 heteroatoms. The summed E-state index contributed by atoms with van der Waals surface area (Å²) < 4.78 is 20.5. The Bertz CT molecular complexity index is 1150. The first-order valence-corrected chi connectivity index (χ1v) is 11.7. The lowest BCUT2D eigenvalue weighted by atomic mass is 9.78. The van der Waals surface area contributed by atoms with Gasteiger partial charge in [-0.2, -0.15) is 5.26 Å². The lowest BCUT2D eigenvalue weighted by Gasteiger charge is -2.31. The predicted octanol–water partition coefficient (Wildman–Crippen LogP) is 4.09. The van der Waals surface area contributed by atoms with Crippen molar-refractivity contribution in [2.45, 2.75) is 12.8 Å². The van der Waals surface area contributed by atoms with Gasteiger partial charge in [-0.25, -0.2) is 4.39 Å². The molecule has 2 aromatic carbocycles. The van der Waals surface area contributed by atoms with Crippen LogP contribution in [0.1, 0.15) is 18.4 Å². The molecule has 1 aliphatic heterocycles. The summed E-state index contributed by atoms with van der Waals surface area (Å²) in [6.45, 7) is 1.61. The van der Waals surface area contributed by atoms with E-state index in [1.54, 1.807) is 37.3 Å². The number of allylic oxidation sites excluding steroid dienone is 1.